The van der Waals surface area contributed by atoms with Gasteiger partial charge in [-0.1, -0.05) is 5.16 Å². The highest BCUT2D eigenvalue weighted by atomic mass is 32.2. The second-order valence-corrected chi connectivity index (χ2v) is 2.81. The zero-order chi connectivity index (χ0) is 7.11. The lowest BCUT2D eigenvalue weighted by Gasteiger charge is -1.98. The molecule has 0 aliphatic rings. The third-order valence-electron chi connectivity index (χ3n) is 0.587. The predicted octanol–water partition coefficient (Wildman–Crippen LogP) is 1.76. The molecule has 0 radical (unpaired) electrons. The normalized spacial score (nSPS) is 11.1. The van der Waals surface area contributed by atoms with Gasteiger partial charge in [0.1, 0.15) is 6.10 Å². The average molecular weight is 147 g/mol. The Morgan fingerprint density at radius 2 is 2.33 bits per heavy atom. The fourth-order valence-corrected chi connectivity index (χ4v) is 0.480. The molecule has 0 saturated heterocycles. The van der Waals surface area contributed by atoms with Crippen molar-refractivity contribution in [3.05, 3.63) is 0 Å². The fourth-order valence-electron chi connectivity index (χ4n) is 0.270. The van der Waals surface area contributed by atoms with Crippen LogP contribution in [0.4, 0.5) is 0 Å². The number of oxime groups is 1. The van der Waals surface area contributed by atoms with Crippen LogP contribution in [0.1, 0.15) is 13.8 Å². The quantitative estimate of drug-likeness (QED) is 0.446. The first-order chi connectivity index (χ1) is 4.27. The smallest absolute Gasteiger partial charge is 0.122 e. The number of hydrogen-bond acceptors (Lipinski definition) is 3. The Hall–Kier alpha value is -0.180. The minimum absolute atomic E-state index is 0.197. The molecule has 9 heavy (non-hydrogen) atoms. The third-order valence-corrected chi connectivity index (χ3v) is 1.07. The van der Waals surface area contributed by atoms with Gasteiger partial charge in [-0.2, -0.15) is 11.8 Å². The Morgan fingerprint density at radius 3 is 2.78 bits per heavy atom. The summed E-state index contributed by atoms with van der Waals surface area (Å²) in [6, 6.07) is 0. The Kier molecular flexibility index (Phi) is 5.83. The molecule has 0 N–H and O–H groups in total. The van der Waals surface area contributed by atoms with Crippen molar-refractivity contribution in [3.8, 4) is 0 Å². The molecular weight excluding hydrogens is 134 g/mol. The highest BCUT2D eigenvalue weighted by molar-refractivity contribution is 7.99. The standard InChI is InChI=1S/C6H13NOS/c1-6(2)8-7-4-5-9-3/h4,6H,5H2,1-3H3/b7-4+. The van der Waals surface area contributed by atoms with Crippen LogP contribution in [0.5, 0.6) is 0 Å². The summed E-state index contributed by atoms with van der Waals surface area (Å²) >= 11 is 1.72. The number of rotatable bonds is 4. The van der Waals surface area contributed by atoms with Gasteiger partial charge >= 0.3 is 0 Å². The Balaban J connectivity index is 3.04. The van der Waals surface area contributed by atoms with Gasteiger partial charge in [-0.3, -0.25) is 0 Å². The van der Waals surface area contributed by atoms with Crippen molar-refractivity contribution in [1.82, 2.24) is 0 Å². The predicted molar refractivity (Wildman–Crippen MR) is 43.1 cm³/mol. The first-order valence-electron chi connectivity index (χ1n) is 2.94. The summed E-state index contributed by atoms with van der Waals surface area (Å²) in [5, 5.41) is 3.71. The summed E-state index contributed by atoms with van der Waals surface area (Å²) in [6.07, 6.45) is 4.00. The van der Waals surface area contributed by atoms with E-state index in [4.69, 9.17) is 4.84 Å². The minimum atomic E-state index is 0.197. The Labute approximate surface area is 60.6 Å². The molecule has 3 heteroatoms. The van der Waals surface area contributed by atoms with Crippen LogP contribution in [0.15, 0.2) is 5.16 Å². The van der Waals surface area contributed by atoms with E-state index in [0.717, 1.165) is 5.75 Å². The highest BCUT2D eigenvalue weighted by Gasteiger charge is 1.85. The van der Waals surface area contributed by atoms with Crippen molar-refractivity contribution in [1.29, 1.82) is 0 Å². The molecule has 0 atom stereocenters. The van der Waals surface area contributed by atoms with E-state index in [-0.39, 0.29) is 6.10 Å². The molecule has 0 spiro atoms. The number of thioether (sulfide) groups is 1. The van der Waals surface area contributed by atoms with Gasteiger partial charge in [0.15, 0.2) is 0 Å². The van der Waals surface area contributed by atoms with Crippen LogP contribution in [0, 0.1) is 0 Å². The SMILES string of the molecule is CSC/C=N/OC(C)C. The monoisotopic (exact) mass is 147 g/mol. The molecule has 2 nitrogen and oxygen atoms in total. The maximum atomic E-state index is 4.90. The van der Waals surface area contributed by atoms with Crippen LogP contribution in [-0.2, 0) is 4.84 Å². The molecule has 0 rings (SSSR count). The van der Waals surface area contributed by atoms with Gasteiger partial charge in [0.25, 0.3) is 0 Å². The van der Waals surface area contributed by atoms with E-state index in [9.17, 15) is 0 Å². The van der Waals surface area contributed by atoms with Gasteiger partial charge in [0.05, 0.1) is 6.21 Å². The summed E-state index contributed by atoms with van der Waals surface area (Å²) in [6.45, 7) is 3.91. The lowest BCUT2D eigenvalue weighted by Crippen LogP contribution is -1.95. The van der Waals surface area contributed by atoms with Crippen molar-refractivity contribution in [2.45, 2.75) is 20.0 Å². The van der Waals surface area contributed by atoms with E-state index < -0.39 is 0 Å². The lowest BCUT2D eigenvalue weighted by atomic mass is 10.5. The molecular formula is C6H13NOS. The topological polar surface area (TPSA) is 21.6 Å². The van der Waals surface area contributed by atoms with Crippen LogP contribution in [0.3, 0.4) is 0 Å². The van der Waals surface area contributed by atoms with Crippen LogP contribution in [0.2, 0.25) is 0 Å². The largest absolute Gasteiger partial charge is 0.393 e. The summed E-state index contributed by atoms with van der Waals surface area (Å²) in [5.74, 6) is 0.923. The fraction of sp³-hybridized carbons (Fsp3) is 0.833. The van der Waals surface area contributed by atoms with E-state index >= 15 is 0 Å². The van der Waals surface area contributed by atoms with Crippen molar-refractivity contribution in [2.75, 3.05) is 12.0 Å². The van der Waals surface area contributed by atoms with E-state index in [1.165, 1.54) is 0 Å². The molecule has 0 heterocycles. The average Bonchev–Trinajstić information content (AvgIpc) is 1.80. The number of hydrogen-bond donors (Lipinski definition) is 0. The van der Waals surface area contributed by atoms with Crippen molar-refractivity contribution in [2.24, 2.45) is 5.16 Å². The van der Waals surface area contributed by atoms with Crippen LogP contribution < -0.4 is 0 Å². The van der Waals surface area contributed by atoms with Crippen molar-refractivity contribution >= 4 is 18.0 Å². The van der Waals surface area contributed by atoms with E-state index in [1.807, 2.05) is 20.1 Å². The Morgan fingerprint density at radius 1 is 1.67 bits per heavy atom. The molecule has 0 fully saturated rings. The van der Waals surface area contributed by atoms with E-state index in [2.05, 4.69) is 5.16 Å². The van der Waals surface area contributed by atoms with Gasteiger partial charge < -0.3 is 4.84 Å². The van der Waals surface area contributed by atoms with E-state index in [1.54, 1.807) is 18.0 Å². The molecule has 0 aromatic carbocycles. The molecule has 0 aliphatic carbocycles. The number of nitrogens with zero attached hydrogens (tertiary/aromatic N) is 1. The summed E-state index contributed by atoms with van der Waals surface area (Å²) in [7, 11) is 0. The summed E-state index contributed by atoms with van der Waals surface area (Å²) < 4.78 is 0. The van der Waals surface area contributed by atoms with Crippen molar-refractivity contribution < 1.29 is 4.84 Å². The first-order valence-corrected chi connectivity index (χ1v) is 4.33. The van der Waals surface area contributed by atoms with Crippen LogP contribution >= 0.6 is 11.8 Å². The lowest BCUT2D eigenvalue weighted by molar-refractivity contribution is 0.0872. The van der Waals surface area contributed by atoms with Crippen molar-refractivity contribution in [3.63, 3.8) is 0 Å². The maximum absolute atomic E-state index is 4.90. The van der Waals surface area contributed by atoms with Gasteiger partial charge in [0.2, 0.25) is 0 Å². The molecule has 0 saturated carbocycles. The summed E-state index contributed by atoms with van der Waals surface area (Å²) in [5.41, 5.74) is 0. The minimum Gasteiger partial charge on any atom is -0.393 e. The Bertz CT molecular complexity index is 83.1. The van der Waals surface area contributed by atoms with E-state index in [0.29, 0.717) is 0 Å². The maximum Gasteiger partial charge on any atom is 0.122 e. The van der Waals surface area contributed by atoms with Crippen LogP contribution in [-0.4, -0.2) is 24.3 Å². The van der Waals surface area contributed by atoms with Gasteiger partial charge in [-0.15, -0.1) is 0 Å². The zero-order valence-electron chi connectivity index (χ0n) is 6.13. The van der Waals surface area contributed by atoms with Gasteiger partial charge in [0, 0.05) is 5.75 Å². The van der Waals surface area contributed by atoms with Gasteiger partial charge in [-0.25, -0.2) is 0 Å². The molecule has 54 valence electrons. The summed E-state index contributed by atoms with van der Waals surface area (Å²) in [4.78, 5) is 4.90. The zero-order valence-corrected chi connectivity index (χ0v) is 6.94. The molecule has 0 aliphatic heterocycles. The highest BCUT2D eigenvalue weighted by Crippen LogP contribution is 1.89. The molecule has 0 amide bonds. The second kappa shape index (κ2) is 5.95. The molecule has 0 bridgehead atoms. The molecule has 0 aromatic rings. The second-order valence-electron chi connectivity index (χ2n) is 1.90. The first kappa shape index (κ1) is 8.82. The molecule has 0 unspecified atom stereocenters. The molecule has 0 aromatic heterocycles. The van der Waals surface area contributed by atoms with Crippen LogP contribution in [0.25, 0.3) is 0 Å². The van der Waals surface area contributed by atoms with Gasteiger partial charge in [-0.05, 0) is 20.1 Å². The third kappa shape index (κ3) is 7.82.